The zero-order valence-corrected chi connectivity index (χ0v) is 19.0. The maximum Gasteiger partial charge on any atom is 0.255 e. The molecule has 0 spiro atoms. The number of allylic oxidation sites excluding steroid dienone is 3. The molecule has 34 heavy (non-hydrogen) atoms. The Bertz CT molecular complexity index is 1280. The summed E-state index contributed by atoms with van der Waals surface area (Å²) in [5.41, 5.74) is 3.53. The van der Waals surface area contributed by atoms with Gasteiger partial charge in [0.25, 0.3) is 5.91 Å². The van der Waals surface area contributed by atoms with Crippen molar-refractivity contribution in [3.8, 4) is 5.75 Å². The molecule has 5 rings (SSSR count). The first-order valence-corrected chi connectivity index (χ1v) is 11.2. The zero-order chi connectivity index (χ0) is 23.7. The number of nitrogens with zero attached hydrogens (tertiary/aromatic N) is 1. The van der Waals surface area contributed by atoms with Crippen molar-refractivity contribution in [3.63, 3.8) is 0 Å². The summed E-state index contributed by atoms with van der Waals surface area (Å²) in [6.45, 7) is 1.87. The van der Waals surface area contributed by atoms with Gasteiger partial charge in [0, 0.05) is 47.0 Å². The van der Waals surface area contributed by atoms with Crippen LogP contribution in [0.2, 0.25) is 0 Å². The number of benzene rings is 1. The maximum atomic E-state index is 13.5. The Balaban J connectivity index is 1.57. The van der Waals surface area contributed by atoms with E-state index in [0.717, 1.165) is 17.0 Å². The van der Waals surface area contributed by atoms with E-state index in [0.29, 0.717) is 41.3 Å². The quantitative estimate of drug-likeness (QED) is 0.580. The van der Waals surface area contributed by atoms with E-state index in [1.165, 1.54) is 0 Å². The van der Waals surface area contributed by atoms with Gasteiger partial charge in [0.1, 0.15) is 17.3 Å². The van der Waals surface area contributed by atoms with E-state index < -0.39 is 5.92 Å². The molecule has 3 aromatic rings. The van der Waals surface area contributed by atoms with E-state index in [4.69, 9.17) is 9.15 Å². The number of hydrogen-bond donors (Lipinski definition) is 2. The number of carbonyl (C=O) groups is 2. The standard InChI is InChI=1S/C27H25N3O4/c1-16-24(27(32)30-23-7-3-4-12-28-23)25(17-8-10-19(33-2)11-9-17)26-20(29-16)14-18(15-21(26)31)22-6-5-13-34-22/h3-13,18,25,29H,14-15H2,1-2H3,(H,28,30,32)/t18-,25+/m1/s1. The van der Waals surface area contributed by atoms with Gasteiger partial charge in [-0.15, -0.1) is 0 Å². The number of ketones is 1. The number of Topliss-reactive ketones (excluding diaryl/α,β-unsaturated/α-hetero) is 1. The first kappa shape index (κ1) is 21.7. The molecule has 2 atom stereocenters. The third-order valence-corrected chi connectivity index (χ3v) is 6.37. The minimum absolute atomic E-state index is 0.00611. The number of pyridine rings is 1. The largest absolute Gasteiger partial charge is 0.497 e. The van der Waals surface area contributed by atoms with Crippen molar-refractivity contribution in [2.75, 3.05) is 12.4 Å². The topological polar surface area (TPSA) is 93.5 Å². The van der Waals surface area contributed by atoms with Gasteiger partial charge in [-0.3, -0.25) is 9.59 Å². The Morgan fingerprint density at radius 1 is 1.12 bits per heavy atom. The smallest absolute Gasteiger partial charge is 0.255 e. The van der Waals surface area contributed by atoms with Crippen LogP contribution in [0.1, 0.15) is 42.9 Å². The van der Waals surface area contributed by atoms with E-state index >= 15 is 0 Å². The van der Waals surface area contributed by atoms with Crippen LogP contribution < -0.4 is 15.4 Å². The van der Waals surface area contributed by atoms with E-state index in [1.54, 1.807) is 31.7 Å². The summed E-state index contributed by atoms with van der Waals surface area (Å²) in [7, 11) is 1.61. The minimum atomic E-state index is -0.504. The number of amides is 1. The molecule has 0 bridgehead atoms. The highest BCUT2D eigenvalue weighted by Gasteiger charge is 2.41. The van der Waals surface area contributed by atoms with Crippen LogP contribution in [0.5, 0.6) is 5.75 Å². The molecule has 1 aromatic carbocycles. The van der Waals surface area contributed by atoms with Crippen LogP contribution in [0, 0.1) is 0 Å². The van der Waals surface area contributed by atoms with Crippen molar-refractivity contribution >= 4 is 17.5 Å². The highest BCUT2D eigenvalue weighted by Crippen LogP contribution is 2.45. The Morgan fingerprint density at radius 3 is 2.62 bits per heavy atom. The van der Waals surface area contributed by atoms with Gasteiger partial charge in [-0.05, 0) is 55.3 Å². The number of nitrogens with one attached hydrogen (secondary N) is 2. The molecule has 2 aliphatic rings. The number of anilines is 1. The van der Waals surface area contributed by atoms with Gasteiger partial charge in [-0.1, -0.05) is 18.2 Å². The van der Waals surface area contributed by atoms with Gasteiger partial charge in [0.15, 0.2) is 5.78 Å². The lowest BCUT2D eigenvalue weighted by Crippen LogP contribution is -2.37. The fourth-order valence-electron chi connectivity index (χ4n) is 4.81. The first-order valence-electron chi connectivity index (χ1n) is 11.2. The molecule has 1 aliphatic heterocycles. The van der Waals surface area contributed by atoms with Crippen LogP contribution in [0.4, 0.5) is 5.82 Å². The molecule has 0 saturated carbocycles. The van der Waals surface area contributed by atoms with E-state index in [1.807, 2.05) is 49.4 Å². The summed E-state index contributed by atoms with van der Waals surface area (Å²) in [5, 5.41) is 6.25. The number of dihydropyridines is 1. The second kappa shape index (κ2) is 9.02. The van der Waals surface area contributed by atoms with Gasteiger partial charge < -0.3 is 19.8 Å². The molecule has 0 radical (unpaired) electrons. The summed E-state index contributed by atoms with van der Waals surface area (Å²) in [4.78, 5) is 31.3. The fourth-order valence-corrected chi connectivity index (χ4v) is 4.81. The number of hydrogen-bond acceptors (Lipinski definition) is 6. The molecule has 1 amide bonds. The lowest BCUT2D eigenvalue weighted by Gasteiger charge is -2.36. The zero-order valence-electron chi connectivity index (χ0n) is 19.0. The molecular formula is C27H25N3O4. The Kier molecular flexibility index (Phi) is 5.76. The van der Waals surface area contributed by atoms with Crippen molar-refractivity contribution in [2.45, 2.75) is 31.6 Å². The molecule has 3 heterocycles. The molecule has 0 unspecified atom stereocenters. The molecular weight excluding hydrogens is 430 g/mol. The van der Waals surface area contributed by atoms with E-state index in [2.05, 4.69) is 15.6 Å². The summed E-state index contributed by atoms with van der Waals surface area (Å²) < 4.78 is 10.9. The van der Waals surface area contributed by atoms with Crippen LogP contribution in [0.25, 0.3) is 0 Å². The molecule has 2 N–H and O–H groups in total. The third-order valence-electron chi connectivity index (χ3n) is 6.37. The molecule has 7 heteroatoms. The normalized spacial score (nSPS) is 20.0. The number of rotatable bonds is 5. The van der Waals surface area contributed by atoms with Crippen molar-refractivity contribution in [1.82, 2.24) is 10.3 Å². The molecule has 2 aromatic heterocycles. The highest BCUT2D eigenvalue weighted by molar-refractivity contribution is 6.09. The van der Waals surface area contributed by atoms with Gasteiger partial charge in [-0.2, -0.15) is 0 Å². The van der Waals surface area contributed by atoms with Crippen molar-refractivity contribution < 1.29 is 18.7 Å². The number of carbonyl (C=O) groups excluding carboxylic acids is 2. The first-order chi connectivity index (χ1) is 16.5. The van der Waals surface area contributed by atoms with Crippen molar-refractivity contribution in [1.29, 1.82) is 0 Å². The number of methoxy groups -OCH3 is 1. The van der Waals surface area contributed by atoms with Crippen LogP contribution in [0.3, 0.4) is 0 Å². The summed E-state index contributed by atoms with van der Waals surface area (Å²) in [6.07, 6.45) is 4.21. The number of furan rings is 1. The summed E-state index contributed by atoms with van der Waals surface area (Å²) in [6, 6.07) is 16.6. The second-order valence-corrected chi connectivity index (χ2v) is 8.47. The van der Waals surface area contributed by atoms with Crippen LogP contribution >= 0.6 is 0 Å². The molecule has 172 valence electrons. The summed E-state index contributed by atoms with van der Waals surface area (Å²) >= 11 is 0. The van der Waals surface area contributed by atoms with E-state index in [-0.39, 0.29) is 17.6 Å². The number of aromatic nitrogens is 1. The molecule has 7 nitrogen and oxygen atoms in total. The minimum Gasteiger partial charge on any atom is -0.497 e. The van der Waals surface area contributed by atoms with Crippen molar-refractivity contribution in [2.24, 2.45) is 0 Å². The van der Waals surface area contributed by atoms with Gasteiger partial charge in [0.05, 0.1) is 13.4 Å². The average molecular weight is 456 g/mol. The Labute approximate surface area is 197 Å². The monoisotopic (exact) mass is 455 g/mol. The van der Waals surface area contributed by atoms with Crippen LogP contribution in [-0.2, 0) is 9.59 Å². The second-order valence-electron chi connectivity index (χ2n) is 8.47. The highest BCUT2D eigenvalue weighted by atomic mass is 16.5. The van der Waals surface area contributed by atoms with Crippen LogP contribution in [-0.4, -0.2) is 23.8 Å². The van der Waals surface area contributed by atoms with Gasteiger partial charge >= 0.3 is 0 Å². The molecule has 1 aliphatic carbocycles. The maximum absolute atomic E-state index is 13.5. The van der Waals surface area contributed by atoms with E-state index in [9.17, 15) is 9.59 Å². The predicted molar refractivity (Wildman–Crippen MR) is 127 cm³/mol. The van der Waals surface area contributed by atoms with Gasteiger partial charge in [0.2, 0.25) is 0 Å². The average Bonchev–Trinajstić information content (AvgIpc) is 3.39. The number of ether oxygens (including phenoxy) is 1. The van der Waals surface area contributed by atoms with Gasteiger partial charge in [-0.25, -0.2) is 4.98 Å². The summed E-state index contributed by atoms with van der Waals surface area (Å²) in [5.74, 6) is 1.12. The van der Waals surface area contributed by atoms with Crippen molar-refractivity contribution in [3.05, 3.63) is 101 Å². The Hall–Kier alpha value is -4.13. The molecule has 0 saturated heterocycles. The predicted octanol–water partition coefficient (Wildman–Crippen LogP) is 4.68. The Morgan fingerprint density at radius 2 is 1.94 bits per heavy atom. The lowest BCUT2D eigenvalue weighted by molar-refractivity contribution is -0.116. The van der Waals surface area contributed by atoms with Crippen LogP contribution in [0.15, 0.2) is 94.0 Å². The third kappa shape index (κ3) is 4.01. The lowest BCUT2D eigenvalue weighted by atomic mass is 9.72. The SMILES string of the molecule is COc1ccc([C@H]2C(C(=O)Nc3ccccn3)=C(C)NC3=C2C(=O)C[C@H](c2ccco2)C3)cc1. The fraction of sp³-hybridized carbons (Fsp3) is 0.222. The molecule has 0 fully saturated rings.